The maximum Gasteiger partial charge on any atom is 0.260 e. The number of carbonyl (C=O) groups is 1. The van der Waals surface area contributed by atoms with Gasteiger partial charge in [-0.25, -0.2) is 4.68 Å². The van der Waals surface area contributed by atoms with Crippen molar-refractivity contribution >= 4 is 17.5 Å². The molecule has 6 heteroatoms. The molecule has 0 saturated carbocycles. The summed E-state index contributed by atoms with van der Waals surface area (Å²) in [7, 11) is 1.77. The van der Waals surface area contributed by atoms with E-state index in [-0.39, 0.29) is 12.5 Å². The summed E-state index contributed by atoms with van der Waals surface area (Å²) in [5.41, 5.74) is 3.97. The van der Waals surface area contributed by atoms with Crippen molar-refractivity contribution in [1.29, 1.82) is 0 Å². The molecule has 0 radical (unpaired) electrons. The summed E-state index contributed by atoms with van der Waals surface area (Å²) in [4.78, 5) is 14.1. The minimum Gasteiger partial charge on any atom is -0.484 e. The fourth-order valence-corrected chi connectivity index (χ4v) is 3.04. The number of aromatic nitrogens is 2. The highest BCUT2D eigenvalue weighted by atomic mass is 35.5. The Morgan fingerprint density at radius 3 is 2.59 bits per heavy atom. The maximum absolute atomic E-state index is 12.4. The second-order valence-electron chi connectivity index (χ2n) is 6.39. The predicted molar refractivity (Wildman–Crippen MR) is 106 cm³/mol. The van der Waals surface area contributed by atoms with E-state index in [1.807, 2.05) is 48.9 Å². The number of rotatable bonds is 6. The number of hydrogen-bond acceptors (Lipinski definition) is 3. The lowest BCUT2D eigenvalue weighted by atomic mass is 10.2. The Hall–Kier alpha value is -2.79. The first-order valence-corrected chi connectivity index (χ1v) is 9.06. The lowest BCUT2D eigenvalue weighted by Gasteiger charge is -2.18. The molecule has 1 amide bonds. The van der Waals surface area contributed by atoms with Crippen molar-refractivity contribution < 1.29 is 9.53 Å². The lowest BCUT2D eigenvalue weighted by Crippen LogP contribution is -2.31. The fourth-order valence-electron chi connectivity index (χ4n) is 2.86. The smallest absolute Gasteiger partial charge is 0.260 e. The Kier molecular flexibility index (Phi) is 5.81. The molecule has 0 unspecified atom stereocenters. The highest BCUT2D eigenvalue weighted by Crippen LogP contribution is 2.20. The van der Waals surface area contributed by atoms with Crippen LogP contribution in [0.3, 0.4) is 0 Å². The van der Waals surface area contributed by atoms with E-state index < -0.39 is 0 Å². The first kappa shape index (κ1) is 19.0. The van der Waals surface area contributed by atoms with Gasteiger partial charge in [0, 0.05) is 29.9 Å². The van der Waals surface area contributed by atoms with Crippen LogP contribution in [0, 0.1) is 13.8 Å². The summed E-state index contributed by atoms with van der Waals surface area (Å²) >= 11 is 5.93. The molecular weight excluding hydrogens is 362 g/mol. The van der Waals surface area contributed by atoms with E-state index in [2.05, 4.69) is 5.10 Å². The summed E-state index contributed by atoms with van der Waals surface area (Å²) < 4.78 is 7.45. The van der Waals surface area contributed by atoms with Crippen molar-refractivity contribution in [2.75, 3.05) is 13.7 Å². The highest BCUT2D eigenvalue weighted by molar-refractivity contribution is 6.30. The molecule has 140 valence electrons. The predicted octanol–water partition coefficient (Wildman–Crippen LogP) is 4.18. The van der Waals surface area contributed by atoms with Crippen molar-refractivity contribution in [3.8, 4) is 11.4 Å². The van der Waals surface area contributed by atoms with Gasteiger partial charge in [-0.15, -0.1) is 0 Å². The van der Waals surface area contributed by atoms with Gasteiger partial charge >= 0.3 is 0 Å². The SMILES string of the molecule is Cc1nn(-c2ccccc2)c(C)c1CN(C)C(=O)COc1cccc(Cl)c1. The topological polar surface area (TPSA) is 47.4 Å². The molecular formula is C21H22ClN3O2. The molecule has 0 saturated heterocycles. The van der Waals surface area contributed by atoms with Gasteiger partial charge in [-0.05, 0) is 44.2 Å². The van der Waals surface area contributed by atoms with E-state index in [1.165, 1.54) is 0 Å². The third kappa shape index (κ3) is 4.49. The molecule has 0 spiro atoms. The van der Waals surface area contributed by atoms with Crippen molar-refractivity contribution in [3.05, 3.63) is 76.6 Å². The molecule has 0 bridgehead atoms. The van der Waals surface area contributed by atoms with Gasteiger partial charge in [-0.2, -0.15) is 5.10 Å². The normalized spacial score (nSPS) is 10.7. The Morgan fingerprint density at radius 1 is 1.15 bits per heavy atom. The van der Waals surface area contributed by atoms with Crippen molar-refractivity contribution in [2.45, 2.75) is 20.4 Å². The van der Waals surface area contributed by atoms with Crippen LogP contribution in [0.1, 0.15) is 17.0 Å². The Balaban J connectivity index is 1.67. The first-order chi connectivity index (χ1) is 13.0. The van der Waals surface area contributed by atoms with E-state index in [1.54, 1.807) is 36.2 Å². The van der Waals surface area contributed by atoms with Crippen LogP contribution in [0.5, 0.6) is 5.75 Å². The molecule has 2 aromatic carbocycles. The Bertz CT molecular complexity index is 938. The van der Waals surface area contributed by atoms with Gasteiger partial charge in [0.2, 0.25) is 0 Å². The molecule has 1 aromatic heterocycles. The molecule has 27 heavy (non-hydrogen) atoms. The summed E-state index contributed by atoms with van der Waals surface area (Å²) in [6.45, 7) is 4.41. The average Bonchev–Trinajstić information content (AvgIpc) is 2.95. The molecule has 0 fully saturated rings. The van der Waals surface area contributed by atoms with Crippen LogP contribution in [-0.4, -0.2) is 34.2 Å². The number of aryl methyl sites for hydroxylation is 1. The van der Waals surface area contributed by atoms with E-state index in [0.717, 1.165) is 22.6 Å². The number of hydrogen-bond donors (Lipinski definition) is 0. The molecule has 0 atom stereocenters. The molecule has 1 heterocycles. The molecule has 0 N–H and O–H groups in total. The lowest BCUT2D eigenvalue weighted by molar-refractivity contribution is -0.132. The molecule has 3 rings (SSSR count). The minimum atomic E-state index is -0.110. The van der Waals surface area contributed by atoms with Gasteiger partial charge in [0.05, 0.1) is 11.4 Å². The number of ether oxygens (including phenoxy) is 1. The number of benzene rings is 2. The molecule has 3 aromatic rings. The zero-order valence-electron chi connectivity index (χ0n) is 15.6. The largest absolute Gasteiger partial charge is 0.484 e. The van der Waals surface area contributed by atoms with Crippen molar-refractivity contribution in [1.82, 2.24) is 14.7 Å². The number of para-hydroxylation sites is 1. The summed E-state index contributed by atoms with van der Waals surface area (Å²) in [6, 6.07) is 17.0. The van der Waals surface area contributed by atoms with E-state index in [4.69, 9.17) is 16.3 Å². The van der Waals surface area contributed by atoms with Crippen LogP contribution in [-0.2, 0) is 11.3 Å². The number of nitrogens with zero attached hydrogens (tertiary/aromatic N) is 3. The third-order valence-electron chi connectivity index (χ3n) is 4.42. The second kappa shape index (κ2) is 8.27. The fraction of sp³-hybridized carbons (Fsp3) is 0.238. The quantitative estimate of drug-likeness (QED) is 0.641. The summed E-state index contributed by atoms with van der Waals surface area (Å²) in [5.74, 6) is 0.467. The van der Waals surface area contributed by atoms with Crippen LogP contribution in [0.2, 0.25) is 5.02 Å². The third-order valence-corrected chi connectivity index (χ3v) is 4.66. The van der Waals surface area contributed by atoms with Gasteiger partial charge < -0.3 is 9.64 Å². The molecule has 0 aliphatic carbocycles. The first-order valence-electron chi connectivity index (χ1n) is 8.68. The van der Waals surface area contributed by atoms with Crippen LogP contribution in [0.4, 0.5) is 0 Å². The second-order valence-corrected chi connectivity index (χ2v) is 6.83. The highest BCUT2D eigenvalue weighted by Gasteiger charge is 2.17. The van der Waals surface area contributed by atoms with Crippen molar-refractivity contribution in [3.63, 3.8) is 0 Å². The number of halogens is 1. The zero-order chi connectivity index (χ0) is 19.4. The van der Waals surface area contributed by atoms with Gasteiger partial charge in [-0.3, -0.25) is 4.79 Å². The van der Waals surface area contributed by atoms with Crippen LogP contribution < -0.4 is 4.74 Å². The number of likely N-dealkylation sites (N-methyl/N-ethyl adjacent to an activating group) is 1. The zero-order valence-corrected chi connectivity index (χ0v) is 16.4. The van der Waals surface area contributed by atoms with Gasteiger partial charge in [0.1, 0.15) is 5.75 Å². The Labute approximate surface area is 164 Å². The molecule has 5 nitrogen and oxygen atoms in total. The number of amides is 1. The van der Waals surface area contributed by atoms with E-state index in [0.29, 0.717) is 17.3 Å². The van der Waals surface area contributed by atoms with Crippen molar-refractivity contribution in [2.24, 2.45) is 0 Å². The number of carbonyl (C=O) groups excluding carboxylic acids is 1. The van der Waals surface area contributed by atoms with Gasteiger partial charge in [-0.1, -0.05) is 35.9 Å². The van der Waals surface area contributed by atoms with E-state index in [9.17, 15) is 4.79 Å². The monoisotopic (exact) mass is 383 g/mol. The Morgan fingerprint density at radius 2 is 1.89 bits per heavy atom. The van der Waals surface area contributed by atoms with Crippen LogP contribution in [0.25, 0.3) is 5.69 Å². The molecule has 0 aliphatic heterocycles. The summed E-state index contributed by atoms with van der Waals surface area (Å²) in [5, 5.41) is 5.21. The standard InChI is InChI=1S/C21H22ClN3O2/c1-15-20(16(2)25(23-15)18-9-5-4-6-10-18)13-24(3)21(26)14-27-19-11-7-8-17(22)12-19/h4-12H,13-14H2,1-3H3. The van der Waals surface area contributed by atoms with Crippen LogP contribution in [0.15, 0.2) is 54.6 Å². The van der Waals surface area contributed by atoms with Gasteiger partial charge in [0.25, 0.3) is 5.91 Å². The van der Waals surface area contributed by atoms with E-state index >= 15 is 0 Å². The van der Waals surface area contributed by atoms with Crippen LogP contribution >= 0.6 is 11.6 Å². The van der Waals surface area contributed by atoms with Gasteiger partial charge in [0.15, 0.2) is 6.61 Å². The molecule has 0 aliphatic rings. The maximum atomic E-state index is 12.4. The average molecular weight is 384 g/mol. The summed E-state index contributed by atoms with van der Waals surface area (Å²) in [6.07, 6.45) is 0. The minimum absolute atomic E-state index is 0.0399.